The number of nitrogens with zero attached hydrogens (tertiary/aromatic N) is 4. The second-order valence-electron chi connectivity index (χ2n) is 8.02. The van der Waals surface area contributed by atoms with Crippen molar-refractivity contribution in [3.05, 3.63) is 47.8 Å². The second kappa shape index (κ2) is 8.40. The second-order valence-corrected chi connectivity index (χ2v) is 8.02. The van der Waals surface area contributed by atoms with E-state index in [1.807, 2.05) is 29.2 Å². The first-order chi connectivity index (χ1) is 15.6. The van der Waals surface area contributed by atoms with Crippen LogP contribution < -0.4 is 9.47 Å². The van der Waals surface area contributed by atoms with E-state index < -0.39 is 5.79 Å². The van der Waals surface area contributed by atoms with Gasteiger partial charge in [0.25, 0.3) is 5.91 Å². The zero-order chi connectivity index (χ0) is 22.1. The maximum absolute atomic E-state index is 13.0. The first-order valence-corrected chi connectivity index (χ1v) is 10.7. The Labute approximate surface area is 185 Å². The van der Waals surface area contributed by atoms with Crippen LogP contribution in [-0.4, -0.2) is 71.9 Å². The molecule has 0 aliphatic carbocycles. The number of likely N-dealkylation sites (tertiary alicyclic amines) is 1. The van der Waals surface area contributed by atoms with Gasteiger partial charge in [0.15, 0.2) is 11.4 Å². The summed E-state index contributed by atoms with van der Waals surface area (Å²) in [6, 6.07) is 7.53. The Hall–Kier alpha value is -3.17. The highest BCUT2D eigenvalue weighted by atomic mass is 16.7. The number of hydrogen-bond acceptors (Lipinski definition) is 7. The van der Waals surface area contributed by atoms with Gasteiger partial charge in [-0.1, -0.05) is 0 Å². The number of rotatable bonds is 5. The zero-order valence-electron chi connectivity index (χ0n) is 18.2. The van der Waals surface area contributed by atoms with E-state index in [2.05, 4.69) is 10.1 Å². The Bertz CT molecular complexity index is 1130. The van der Waals surface area contributed by atoms with Crippen LogP contribution in [0, 0.1) is 0 Å². The van der Waals surface area contributed by atoms with Gasteiger partial charge < -0.3 is 23.8 Å². The van der Waals surface area contributed by atoms with E-state index in [0.29, 0.717) is 56.9 Å². The number of pyridine rings is 1. The van der Waals surface area contributed by atoms with Crippen molar-refractivity contribution in [3.8, 4) is 11.5 Å². The Morgan fingerprint density at radius 2 is 1.88 bits per heavy atom. The standard InChI is InChI=1S/C23H26N4O5/c1-29-19-4-3-16(20(12-19)30-2)15-27-21-17(14-25-27)11-18(13-24-21)22(28)26-7-5-23(6-8-26)31-9-10-32-23/h3-4,11-14H,5-10,15H2,1-2H3. The summed E-state index contributed by atoms with van der Waals surface area (Å²) in [5.74, 6) is 0.921. The van der Waals surface area contributed by atoms with Gasteiger partial charge in [-0.15, -0.1) is 0 Å². The van der Waals surface area contributed by atoms with Gasteiger partial charge >= 0.3 is 0 Å². The Kier molecular flexibility index (Phi) is 5.44. The summed E-state index contributed by atoms with van der Waals surface area (Å²) in [6.07, 6.45) is 4.74. The summed E-state index contributed by atoms with van der Waals surface area (Å²) < 4.78 is 24.1. The van der Waals surface area contributed by atoms with E-state index in [9.17, 15) is 4.79 Å². The summed E-state index contributed by atoms with van der Waals surface area (Å²) in [6.45, 7) is 2.95. The fraction of sp³-hybridized carbons (Fsp3) is 0.435. The smallest absolute Gasteiger partial charge is 0.255 e. The van der Waals surface area contributed by atoms with Crippen LogP contribution in [0.5, 0.6) is 11.5 Å². The minimum Gasteiger partial charge on any atom is -0.497 e. The fourth-order valence-electron chi connectivity index (χ4n) is 4.37. The van der Waals surface area contributed by atoms with E-state index in [0.717, 1.165) is 22.4 Å². The van der Waals surface area contributed by atoms with Crippen LogP contribution in [0.4, 0.5) is 0 Å². The summed E-state index contributed by atoms with van der Waals surface area (Å²) in [5.41, 5.74) is 2.23. The van der Waals surface area contributed by atoms with Crippen molar-refractivity contribution in [1.82, 2.24) is 19.7 Å². The molecule has 3 aromatic rings. The monoisotopic (exact) mass is 438 g/mol. The highest BCUT2D eigenvalue weighted by Crippen LogP contribution is 2.32. The third-order valence-electron chi connectivity index (χ3n) is 6.16. The first-order valence-electron chi connectivity index (χ1n) is 10.7. The molecule has 2 fully saturated rings. The van der Waals surface area contributed by atoms with Gasteiger partial charge in [-0.2, -0.15) is 5.10 Å². The molecule has 0 unspecified atom stereocenters. The van der Waals surface area contributed by atoms with Crippen LogP contribution in [0.3, 0.4) is 0 Å². The molecule has 2 aliphatic rings. The molecule has 1 aromatic carbocycles. The molecule has 2 aliphatic heterocycles. The van der Waals surface area contributed by atoms with Crippen LogP contribution in [0.1, 0.15) is 28.8 Å². The Balaban J connectivity index is 1.32. The first kappa shape index (κ1) is 20.7. The number of hydrogen-bond donors (Lipinski definition) is 0. The van der Waals surface area contributed by atoms with Crippen molar-refractivity contribution in [2.75, 3.05) is 40.5 Å². The summed E-state index contributed by atoms with van der Waals surface area (Å²) in [7, 11) is 3.25. The van der Waals surface area contributed by atoms with Gasteiger partial charge in [-0.3, -0.25) is 4.79 Å². The molecule has 0 bridgehead atoms. The maximum Gasteiger partial charge on any atom is 0.255 e. The SMILES string of the molecule is COc1ccc(Cn2ncc3cc(C(=O)N4CCC5(CC4)OCCO5)cnc32)c(OC)c1. The van der Waals surface area contributed by atoms with Crippen LogP contribution in [0.25, 0.3) is 11.0 Å². The van der Waals surface area contributed by atoms with Gasteiger partial charge in [0, 0.05) is 49.1 Å². The summed E-state index contributed by atoms with van der Waals surface area (Å²) in [5, 5.41) is 5.30. The number of piperidine rings is 1. The highest BCUT2D eigenvalue weighted by Gasteiger charge is 2.40. The summed E-state index contributed by atoms with van der Waals surface area (Å²) >= 11 is 0. The van der Waals surface area contributed by atoms with E-state index in [4.69, 9.17) is 18.9 Å². The van der Waals surface area contributed by atoms with Gasteiger partial charge in [-0.25, -0.2) is 9.67 Å². The molecule has 2 aromatic heterocycles. The Morgan fingerprint density at radius 1 is 1.09 bits per heavy atom. The van der Waals surface area contributed by atoms with Crippen LogP contribution >= 0.6 is 0 Å². The fourth-order valence-corrected chi connectivity index (χ4v) is 4.37. The van der Waals surface area contributed by atoms with E-state index in [1.165, 1.54) is 0 Å². The van der Waals surface area contributed by atoms with Crippen LogP contribution in [0.15, 0.2) is 36.7 Å². The zero-order valence-corrected chi connectivity index (χ0v) is 18.2. The van der Waals surface area contributed by atoms with Crippen molar-refractivity contribution in [1.29, 1.82) is 0 Å². The van der Waals surface area contributed by atoms with Crippen molar-refractivity contribution in [2.45, 2.75) is 25.2 Å². The molecule has 1 amide bonds. The summed E-state index contributed by atoms with van der Waals surface area (Å²) in [4.78, 5) is 19.4. The van der Waals surface area contributed by atoms with Gasteiger partial charge in [0.2, 0.25) is 0 Å². The molecular weight excluding hydrogens is 412 g/mol. The molecule has 9 heteroatoms. The number of aromatic nitrogens is 3. The molecule has 0 N–H and O–H groups in total. The predicted octanol–water partition coefficient (Wildman–Crippen LogP) is 2.48. The molecule has 0 radical (unpaired) electrons. The molecule has 32 heavy (non-hydrogen) atoms. The molecule has 9 nitrogen and oxygen atoms in total. The number of methoxy groups -OCH3 is 2. The lowest BCUT2D eigenvalue weighted by atomic mass is 10.0. The molecule has 5 rings (SSSR count). The van der Waals surface area contributed by atoms with Crippen LogP contribution in [0.2, 0.25) is 0 Å². The normalized spacial score (nSPS) is 17.8. The van der Waals surface area contributed by atoms with E-state index in [-0.39, 0.29) is 5.91 Å². The van der Waals surface area contributed by atoms with Crippen LogP contribution in [-0.2, 0) is 16.0 Å². The number of ether oxygens (including phenoxy) is 4. The van der Waals surface area contributed by atoms with E-state index >= 15 is 0 Å². The van der Waals surface area contributed by atoms with Crippen molar-refractivity contribution < 1.29 is 23.7 Å². The maximum atomic E-state index is 13.0. The number of amides is 1. The molecule has 0 atom stereocenters. The quantitative estimate of drug-likeness (QED) is 0.605. The number of benzene rings is 1. The van der Waals surface area contributed by atoms with Crippen molar-refractivity contribution in [3.63, 3.8) is 0 Å². The Morgan fingerprint density at radius 3 is 2.59 bits per heavy atom. The van der Waals surface area contributed by atoms with E-state index in [1.54, 1.807) is 31.3 Å². The molecular formula is C23H26N4O5. The average molecular weight is 438 g/mol. The predicted molar refractivity (Wildman–Crippen MR) is 116 cm³/mol. The minimum absolute atomic E-state index is 0.0307. The largest absolute Gasteiger partial charge is 0.497 e. The van der Waals surface area contributed by atoms with Crippen molar-refractivity contribution in [2.24, 2.45) is 0 Å². The highest BCUT2D eigenvalue weighted by molar-refractivity contribution is 5.96. The van der Waals surface area contributed by atoms with Gasteiger partial charge in [0.05, 0.1) is 45.7 Å². The topological polar surface area (TPSA) is 87.9 Å². The molecule has 0 saturated carbocycles. The molecule has 2 saturated heterocycles. The lowest BCUT2D eigenvalue weighted by Gasteiger charge is -2.37. The van der Waals surface area contributed by atoms with Gasteiger partial charge in [0.1, 0.15) is 11.5 Å². The van der Waals surface area contributed by atoms with Crippen molar-refractivity contribution >= 4 is 16.9 Å². The number of carbonyl (C=O) groups is 1. The average Bonchev–Trinajstić information content (AvgIpc) is 3.46. The lowest BCUT2D eigenvalue weighted by Crippen LogP contribution is -2.47. The third kappa shape index (κ3) is 3.78. The third-order valence-corrected chi connectivity index (χ3v) is 6.16. The number of carbonyl (C=O) groups excluding carboxylic acids is 1. The lowest BCUT2D eigenvalue weighted by molar-refractivity contribution is -0.181. The molecule has 1 spiro atoms. The molecule has 168 valence electrons. The molecule has 4 heterocycles. The number of fused-ring (bicyclic) bond motifs is 1. The van der Waals surface area contributed by atoms with Gasteiger partial charge in [-0.05, 0) is 18.2 Å². The minimum atomic E-state index is -0.497.